The Labute approximate surface area is 116 Å². The minimum Gasteiger partial charge on any atom is -0.394 e. The average molecular weight is 272 g/mol. The number of hydrogen-bond donors (Lipinski definition) is 3. The van der Waals surface area contributed by atoms with Crippen molar-refractivity contribution in [1.29, 1.82) is 0 Å². The van der Waals surface area contributed by atoms with E-state index in [1.807, 2.05) is 0 Å². The lowest BCUT2D eigenvalue weighted by Crippen LogP contribution is -2.48. The Hall–Kier alpha value is -0.810. The molecule has 2 amide bonds. The molecular formula is C14H28N2O3. The molecular weight excluding hydrogens is 244 g/mol. The Bertz CT molecular complexity index is 289. The van der Waals surface area contributed by atoms with Crippen LogP contribution in [0.15, 0.2) is 0 Å². The van der Waals surface area contributed by atoms with Gasteiger partial charge in [-0.05, 0) is 25.2 Å². The molecule has 0 bridgehead atoms. The predicted octanol–water partition coefficient (Wildman–Crippen LogP) is 1.51. The molecule has 0 radical (unpaired) electrons. The fourth-order valence-corrected chi connectivity index (χ4v) is 2.55. The van der Waals surface area contributed by atoms with Crippen molar-refractivity contribution in [1.82, 2.24) is 10.6 Å². The van der Waals surface area contributed by atoms with Gasteiger partial charge in [-0.15, -0.1) is 0 Å². The van der Waals surface area contributed by atoms with Crippen molar-refractivity contribution in [3.8, 4) is 0 Å². The highest BCUT2D eigenvalue weighted by Crippen LogP contribution is 2.33. The highest BCUT2D eigenvalue weighted by molar-refractivity contribution is 5.74. The van der Waals surface area contributed by atoms with Gasteiger partial charge in [-0.1, -0.05) is 20.8 Å². The molecule has 3 atom stereocenters. The molecule has 3 N–H and O–H groups in total. The number of amides is 2. The highest BCUT2D eigenvalue weighted by Gasteiger charge is 2.35. The van der Waals surface area contributed by atoms with Crippen LogP contribution in [0.4, 0.5) is 4.79 Å². The van der Waals surface area contributed by atoms with E-state index in [4.69, 9.17) is 9.84 Å². The first-order chi connectivity index (χ1) is 8.84. The first-order valence-electron chi connectivity index (χ1n) is 7.11. The Kier molecular flexibility index (Phi) is 6.07. The van der Waals surface area contributed by atoms with Gasteiger partial charge < -0.3 is 20.5 Å². The van der Waals surface area contributed by atoms with E-state index in [-0.39, 0.29) is 30.2 Å². The molecule has 0 saturated carbocycles. The molecule has 1 aliphatic rings. The van der Waals surface area contributed by atoms with E-state index in [0.717, 1.165) is 19.4 Å². The van der Waals surface area contributed by atoms with Gasteiger partial charge in [0.05, 0.1) is 18.8 Å². The van der Waals surface area contributed by atoms with Crippen LogP contribution < -0.4 is 10.6 Å². The first kappa shape index (κ1) is 16.2. The smallest absolute Gasteiger partial charge is 0.315 e. The maximum Gasteiger partial charge on any atom is 0.315 e. The normalized spacial score (nSPS) is 25.7. The van der Waals surface area contributed by atoms with Crippen LogP contribution in [0.1, 0.15) is 40.5 Å². The quantitative estimate of drug-likeness (QED) is 0.726. The first-order valence-corrected chi connectivity index (χ1v) is 7.11. The van der Waals surface area contributed by atoms with Crippen LogP contribution in [-0.4, -0.2) is 43.0 Å². The van der Waals surface area contributed by atoms with Crippen LogP contribution >= 0.6 is 0 Å². The van der Waals surface area contributed by atoms with E-state index in [2.05, 4.69) is 31.4 Å². The number of hydrogen-bond acceptors (Lipinski definition) is 3. The van der Waals surface area contributed by atoms with Crippen molar-refractivity contribution < 1.29 is 14.6 Å². The lowest BCUT2D eigenvalue weighted by Gasteiger charge is -2.40. The van der Waals surface area contributed by atoms with E-state index in [9.17, 15) is 4.79 Å². The van der Waals surface area contributed by atoms with Crippen LogP contribution in [0.3, 0.4) is 0 Å². The Morgan fingerprint density at radius 2 is 2.16 bits per heavy atom. The van der Waals surface area contributed by atoms with Gasteiger partial charge in [-0.3, -0.25) is 0 Å². The lowest BCUT2D eigenvalue weighted by molar-refractivity contribution is -0.0838. The highest BCUT2D eigenvalue weighted by atomic mass is 16.5. The molecule has 112 valence electrons. The van der Waals surface area contributed by atoms with E-state index >= 15 is 0 Å². The molecule has 1 rings (SSSR count). The van der Waals surface area contributed by atoms with Crippen LogP contribution in [0.5, 0.6) is 0 Å². The molecule has 1 fully saturated rings. The minimum absolute atomic E-state index is 0.0510. The van der Waals surface area contributed by atoms with Gasteiger partial charge in [0.25, 0.3) is 0 Å². The molecule has 0 spiro atoms. The molecule has 0 aromatic rings. The largest absolute Gasteiger partial charge is 0.394 e. The van der Waals surface area contributed by atoms with Gasteiger partial charge in [-0.25, -0.2) is 4.79 Å². The van der Waals surface area contributed by atoms with Crippen LogP contribution in [0, 0.1) is 11.3 Å². The molecule has 5 nitrogen and oxygen atoms in total. The second-order valence-corrected chi connectivity index (χ2v) is 6.50. The van der Waals surface area contributed by atoms with Gasteiger partial charge in [0, 0.05) is 19.1 Å². The summed E-state index contributed by atoms with van der Waals surface area (Å²) in [6.07, 6.45) is 2.31. The second kappa shape index (κ2) is 7.10. The number of rotatable bonds is 4. The number of aliphatic hydroxyl groups excluding tert-OH is 1. The molecule has 0 aromatic heterocycles. The monoisotopic (exact) mass is 272 g/mol. The van der Waals surface area contributed by atoms with Crippen molar-refractivity contribution in [3.05, 3.63) is 0 Å². The Morgan fingerprint density at radius 3 is 2.74 bits per heavy atom. The SMILES string of the molecule is C[C@@H](CO)NC(=O)NCC1CCCOC1C(C)(C)C. The van der Waals surface area contributed by atoms with Crippen molar-refractivity contribution in [3.63, 3.8) is 0 Å². The van der Waals surface area contributed by atoms with Crippen molar-refractivity contribution >= 4 is 6.03 Å². The average Bonchev–Trinajstić information content (AvgIpc) is 2.35. The molecule has 0 aromatic carbocycles. The zero-order chi connectivity index (χ0) is 14.5. The summed E-state index contributed by atoms with van der Waals surface area (Å²) in [6.45, 7) is 9.65. The fourth-order valence-electron chi connectivity index (χ4n) is 2.55. The lowest BCUT2D eigenvalue weighted by atomic mass is 9.78. The van der Waals surface area contributed by atoms with E-state index in [0.29, 0.717) is 12.5 Å². The fraction of sp³-hybridized carbons (Fsp3) is 0.929. The number of carbonyl (C=O) groups is 1. The van der Waals surface area contributed by atoms with Gasteiger partial charge in [0.1, 0.15) is 0 Å². The zero-order valence-electron chi connectivity index (χ0n) is 12.5. The summed E-state index contributed by atoms with van der Waals surface area (Å²) in [5.41, 5.74) is 0.0850. The van der Waals surface area contributed by atoms with E-state index in [1.54, 1.807) is 6.92 Å². The van der Waals surface area contributed by atoms with Crippen molar-refractivity contribution in [2.24, 2.45) is 11.3 Å². The molecule has 1 heterocycles. The van der Waals surface area contributed by atoms with Crippen LogP contribution in [0.2, 0.25) is 0 Å². The van der Waals surface area contributed by atoms with Gasteiger partial charge in [0.15, 0.2) is 0 Å². The summed E-state index contributed by atoms with van der Waals surface area (Å²) in [5.74, 6) is 0.351. The third kappa shape index (κ3) is 5.37. The standard InChI is InChI=1S/C14H28N2O3/c1-10(9-17)16-13(18)15-8-11-6-5-7-19-12(11)14(2,3)4/h10-12,17H,5-9H2,1-4H3,(H2,15,16,18)/t10-,11?,12?/m0/s1. The molecule has 2 unspecified atom stereocenters. The second-order valence-electron chi connectivity index (χ2n) is 6.50. The summed E-state index contributed by atoms with van der Waals surface area (Å²) < 4.78 is 5.88. The van der Waals surface area contributed by atoms with Gasteiger partial charge in [-0.2, -0.15) is 0 Å². The summed E-state index contributed by atoms with van der Waals surface area (Å²) in [4.78, 5) is 11.6. The topological polar surface area (TPSA) is 70.6 Å². The number of carbonyl (C=O) groups excluding carboxylic acids is 1. The maximum absolute atomic E-state index is 11.6. The molecule has 5 heteroatoms. The molecule has 19 heavy (non-hydrogen) atoms. The number of urea groups is 1. The van der Waals surface area contributed by atoms with Crippen LogP contribution in [0.25, 0.3) is 0 Å². The van der Waals surface area contributed by atoms with Gasteiger partial charge in [0.2, 0.25) is 0 Å². The number of nitrogens with one attached hydrogen (secondary N) is 2. The third-order valence-corrected chi connectivity index (χ3v) is 3.47. The Morgan fingerprint density at radius 1 is 1.47 bits per heavy atom. The predicted molar refractivity (Wildman–Crippen MR) is 75.0 cm³/mol. The Balaban J connectivity index is 2.43. The van der Waals surface area contributed by atoms with Crippen LogP contribution in [-0.2, 0) is 4.74 Å². The molecule has 1 saturated heterocycles. The van der Waals surface area contributed by atoms with Crippen molar-refractivity contribution in [2.45, 2.75) is 52.7 Å². The summed E-state index contributed by atoms with van der Waals surface area (Å²) in [6, 6.07) is -0.444. The van der Waals surface area contributed by atoms with Crippen molar-refractivity contribution in [2.75, 3.05) is 19.8 Å². The molecule has 1 aliphatic heterocycles. The summed E-state index contributed by atoms with van der Waals surface area (Å²) in [7, 11) is 0. The van der Waals surface area contributed by atoms with Gasteiger partial charge >= 0.3 is 6.03 Å². The van der Waals surface area contributed by atoms with E-state index in [1.165, 1.54) is 0 Å². The van der Waals surface area contributed by atoms with E-state index < -0.39 is 0 Å². The zero-order valence-corrected chi connectivity index (χ0v) is 12.5. The number of ether oxygens (including phenoxy) is 1. The minimum atomic E-state index is -0.222. The third-order valence-electron chi connectivity index (χ3n) is 3.47. The summed E-state index contributed by atoms with van der Waals surface area (Å²) >= 11 is 0. The molecule has 0 aliphatic carbocycles. The maximum atomic E-state index is 11.6. The number of aliphatic hydroxyl groups is 1. The summed E-state index contributed by atoms with van der Waals surface area (Å²) in [5, 5.41) is 14.4.